The largest absolute Gasteiger partial charge is 0.496 e. The number of methoxy groups -OCH3 is 1. The number of amides is 1. The Labute approximate surface area is 180 Å². The molecule has 2 N–H and O–H groups in total. The van der Waals surface area contributed by atoms with Crippen LogP contribution in [0, 0.1) is 0 Å². The molecular formula is C19H19ClF3N5O3. The first-order chi connectivity index (χ1) is 14.7. The fourth-order valence-corrected chi connectivity index (χ4v) is 3.96. The summed E-state index contributed by atoms with van der Waals surface area (Å²) in [5.74, 6) is -0.439. The maximum absolute atomic E-state index is 13.0. The lowest BCUT2D eigenvalue weighted by molar-refractivity contribution is -0.137. The van der Waals surface area contributed by atoms with Crippen molar-refractivity contribution in [2.24, 2.45) is 0 Å². The number of nitrogens with one attached hydrogen (secondary N) is 2. The number of hydrogen-bond acceptors (Lipinski definition) is 7. The van der Waals surface area contributed by atoms with Crippen molar-refractivity contribution in [2.75, 3.05) is 37.9 Å². The molecule has 0 saturated carbocycles. The SMILES string of the molecule is CNc1nc(Nc2cc(OC)c(C(=O)N3CC4CC3CO4)cc2Cl)ncc1C(F)(F)F. The molecule has 1 aromatic carbocycles. The summed E-state index contributed by atoms with van der Waals surface area (Å²) in [7, 11) is 2.74. The van der Waals surface area contributed by atoms with E-state index in [1.165, 1.54) is 26.3 Å². The second-order valence-electron chi connectivity index (χ2n) is 7.16. The highest BCUT2D eigenvalue weighted by molar-refractivity contribution is 6.33. The van der Waals surface area contributed by atoms with Crippen molar-refractivity contribution in [1.29, 1.82) is 0 Å². The van der Waals surface area contributed by atoms with Gasteiger partial charge in [-0.1, -0.05) is 11.6 Å². The van der Waals surface area contributed by atoms with Crippen molar-refractivity contribution in [3.63, 3.8) is 0 Å². The molecule has 3 heterocycles. The topological polar surface area (TPSA) is 88.6 Å². The van der Waals surface area contributed by atoms with Crippen LogP contribution in [-0.4, -0.2) is 60.2 Å². The van der Waals surface area contributed by atoms with E-state index in [0.29, 0.717) is 19.3 Å². The number of anilines is 3. The molecule has 0 radical (unpaired) electrons. The molecule has 12 heteroatoms. The van der Waals surface area contributed by atoms with Gasteiger partial charge in [0.2, 0.25) is 5.95 Å². The van der Waals surface area contributed by atoms with Gasteiger partial charge in [-0.2, -0.15) is 18.2 Å². The van der Waals surface area contributed by atoms with E-state index in [2.05, 4.69) is 20.6 Å². The Morgan fingerprint density at radius 3 is 2.74 bits per heavy atom. The zero-order valence-corrected chi connectivity index (χ0v) is 17.3. The monoisotopic (exact) mass is 457 g/mol. The lowest BCUT2D eigenvalue weighted by atomic mass is 10.1. The number of nitrogens with zero attached hydrogens (tertiary/aromatic N) is 3. The molecule has 2 aromatic rings. The third kappa shape index (κ3) is 4.07. The van der Waals surface area contributed by atoms with Gasteiger partial charge >= 0.3 is 6.18 Å². The van der Waals surface area contributed by atoms with E-state index in [1.54, 1.807) is 4.90 Å². The van der Waals surface area contributed by atoms with Crippen molar-refractivity contribution in [3.8, 4) is 5.75 Å². The standard InChI is InChI=1S/C19H19ClF3N5O3/c1-24-16-12(19(21,22)23)6-25-18(27-16)26-14-5-15(30-2)11(4-13(14)20)17(29)28-7-10-3-9(28)8-31-10/h4-6,9-10H,3,7-8H2,1-2H3,(H2,24,25,26,27). The molecule has 0 aliphatic carbocycles. The second kappa shape index (κ2) is 8.04. The number of rotatable bonds is 5. The van der Waals surface area contributed by atoms with Gasteiger partial charge in [-0.3, -0.25) is 4.79 Å². The first-order valence-corrected chi connectivity index (χ1v) is 9.78. The van der Waals surface area contributed by atoms with E-state index >= 15 is 0 Å². The summed E-state index contributed by atoms with van der Waals surface area (Å²) in [6, 6.07) is 2.97. The van der Waals surface area contributed by atoms with Crippen LogP contribution in [-0.2, 0) is 10.9 Å². The first-order valence-electron chi connectivity index (χ1n) is 9.40. The number of ether oxygens (including phenoxy) is 2. The van der Waals surface area contributed by atoms with Crippen molar-refractivity contribution >= 4 is 35.0 Å². The molecule has 0 spiro atoms. The van der Waals surface area contributed by atoms with E-state index in [4.69, 9.17) is 21.1 Å². The molecule has 2 atom stereocenters. The summed E-state index contributed by atoms with van der Waals surface area (Å²) in [5.41, 5.74) is -0.424. The maximum atomic E-state index is 13.0. The Kier molecular flexibility index (Phi) is 5.56. The highest BCUT2D eigenvalue weighted by Gasteiger charge is 2.42. The Bertz CT molecular complexity index is 1020. The number of aromatic nitrogens is 2. The number of hydrogen-bond donors (Lipinski definition) is 2. The molecule has 2 saturated heterocycles. The van der Waals surface area contributed by atoms with Gasteiger partial charge in [-0.05, 0) is 12.5 Å². The third-order valence-electron chi connectivity index (χ3n) is 5.26. The number of morpholine rings is 1. The van der Waals surface area contributed by atoms with Crippen molar-refractivity contribution in [2.45, 2.75) is 24.7 Å². The van der Waals surface area contributed by atoms with E-state index in [9.17, 15) is 18.0 Å². The zero-order valence-electron chi connectivity index (χ0n) is 16.6. The molecule has 4 rings (SSSR count). The minimum atomic E-state index is -4.60. The van der Waals surface area contributed by atoms with Crippen LogP contribution in [0.4, 0.5) is 30.6 Å². The van der Waals surface area contributed by atoms with Crippen molar-refractivity contribution < 1.29 is 27.4 Å². The fraction of sp³-hybridized carbons (Fsp3) is 0.421. The number of carbonyl (C=O) groups excluding carboxylic acids is 1. The van der Waals surface area contributed by atoms with E-state index in [-0.39, 0.29) is 51.8 Å². The number of alkyl halides is 3. The van der Waals surface area contributed by atoms with Crippen LogP contribution in [0.1, 0.15) is 22.3 Å². The quantitative estimate of drug-likeness (QED) is 0.709. The average Bonchev–Trinajstić information content (AvgIpc) is 3.37. The van der Waals surface area contributed by atoms with Crippen LogP contribution >= 0.6 is 11.6 Å². The van der Waals surface area contributed by atoms with Crippen LogP contribution < -0.4 is 15.4 Å². The van der Waals surface area contributed by atoms with Crippen molar-refractivity contribution in [1.82, 2.24) is 14.9 Å². The van der Waals surface area contributed by atoms with E-state index < -0.39 is 11.7 Å². The number of carbonyl (C=O) groups is 1. The van der Waals surface area contributed by atoms with E-state index in [1.807, 2.05) is 0 Å². The number of halogens is 4. The molecule has 2 unspecified atom stereocenters. The molecule has 2 fully saturated rings. The predicted molar refractivity (Wildman–Crippen MR) is 107 cm³/mol. The number of likely N-dealkylation sites (tertiary alicyclic amines) is 1. The third-order valence-corrected chi connectivity index (χ3v) is 5.57. The predicted octanol–water partition coefficient (Wildman–Crippen LogP) is 3.56. The molecule has 2 bridgehead atoms. The van der Waals surface area contributed by atoms with Gasteiger partial charge in [0.1, 0.15) is 17.1 Å². The van der Waals surface area contributed by atoms with Gasteiger partial charge in [0.25, 0.3) is 5.91 Å². The summed E-state index contributed by atoms with van der Waals surface area (Å²) in [4.78, 5) is 22.3. The zero-order chi connectivity index (χ0) is 22.3. The fourth-order valence-electron chi connectivity index (χ4n) is 3.75. The minimum absolute atomic E-state index is 0.0271. The first kappa shape index (κ1) is 21.4. The van der Waals surface area contributed by atoms with Gasteiger partial charge in [0, 0.05) is 25.9 Å². The van der Waals surface area contributed by atoms with Crippen LogP contribution in [0.5, 0.6) is 5.75 Å². The van der Waals surface area contributed by atoms with E-state index in [0.717, 1.165) is 6.42 Å². The number of fused-ring (bicyclic) bond motifs is 2. The van der Waals surface area contributed by atoms with Gasteiger partial charge in [-0.25, -0.2) is 4.98 Å². The maximum Gasteiger partial charge on any atom is 0.421 e. The van der Waals surface area contributed by atoms with Crippen LogP contribution in [0.15, 0.2) is 18.3 Å². The molecule has 1 aromatic heterocycles. The second-order valence-corrected chi connectivity index (χ2v) is 7.57. The van der Waals surface area contributed by atoms with Crippen LogP contribution in [0.25, 0.3) is 0 Å². The number of benzene rings is 1. The summed E-state index contributed by atoms with van der Waals surface area (Å²) in [6.07, 6.45) is -3.07. The van der Waals surface area contributed by atoms with Gasteiger partial charge in [-0.15, -0.1) is 0 Å². The molecule has 1 amide bonds. The van der Waals surface area contributed by atoms with Gasteiger partial charge in [0.05, 0.1) is 42.1 Å². The highest BCUT2D eigenvalue weighted by atomic mass is 35.5. The summed E-state index contributed by atoms with van der Waals surface area (Å²) in [5, 5.41) is 5.35. The normalized spacial score (nSPS) is 20.1. The molecule has 31 heavy (non-hydrogen) atoms. The summed E-state index contributed by atoms with van der Waals surface area (Å²) in [6.45, 7) is 1.02. The Balaban J connectivity index is 1.61. The smallest absolute Gasteiger partial charge is 0.421 e. The van der Waals surface area contributed by atoms with Gasteiger partial charge < -0.3 is 25.0 Å². The molecule has 2 aliphatic rings. The highest BCUT2D eigenvalue weighted by Crippen LogP contribution is 2.37. The lowest BCUT2D eigenvalue weighted by Gasteiger charge is -2.27. The van der Waals surface area contributed by atoms with Crippen LogP contribution in [0.2, 0.25) is 5.02 Å². The Morgan fingerprint density at radius 1 is 1.39 bits per heavy atom. The van der Waals surface area contributed by atoms with Gasteiger partial charge in [0.15, 0.2) is 0 Å². The summed E-state index contributed by atoms with van der Waals surface area (Å²) >= 11 is 6.35. The molecule has 8 nitrogen and oxygen atoms in total. The Morgan fingerprint density at radius 2 is 2.16 bits per heavy atom. The molecule has 2 aliphatic heterocycles. The Hall–Kier alpha value is -2.79. The minimum Gasteiger partial charge on any atom is -0.496 e. The molecular weight excluding hydrogens is 439 g/mol. The van der Waals surface area contributed by atoms with Crippen LogP contribution in [0.3, 0.4) is 0 Å². The average molecular weight is 458 g/mol. The molecule has 166 valence electrons. The van der Waals surface area contributed by atoms with Crippen molar-refractivity contribution in [3.05, 3.63) is 34.5 Å². The summed E-state index contributed by atoms with van der Waals surface area (Å²) < 4.78 is 50.0. The lowest BCUT2D eigenvalue weighted by Crippen LogP contribution is -2.41.